The van der Waals surface area contributed by atoms with Gasteiger partial charge in [-0.2, -0.15) is 0 Å². The van der Waals surface area contributed by atoms with Crippen LogP contribution in [0.15, 0.2) is 59.3 Å². The van der Waals surface area contributed by atoms with E-state index in [0.717, 1.165) is 16.8 Å². The lowest BCUT2D eigenvalue weighted by Gasteiger charge is -2.29. The van der Waals surface area contributed by atoms with Gasteiger partial charge < -0.3 is 15.2 Å². The minimum Gasteiger partial charge on any atom is -0.507 e. The Morgan fingerprint density at radius 2 is 1.89 bits per heavy atom. The van der Waals surface area contributed by atoms with Crippen LogP contribution >= 0.6 is 22.6 Å². The molecule has 0 saturated carbocycles. The highest BCUT2D eigenvalue weighted by atomic mass is 127. The number of phenolic OH excluding ortho intramolecular Hbond substituents is 1. The summed E-state index contributed by atoms with van der Waals surface area (Å²) in [5.74, 6) is -0.995. The molecular formula is C21H16INO4. The average molecular weight is 473 g/mol. The van der Waals surface area contributed by atoms with Crippen LogP contribution in [-0.4, -0.2) is 24.0 Å². The van der Waals surface area contributed by atoms with Crippen molar-refractivity contribution < 1.29 is 19.4 Å². The fraction of sp³-hybridized carbons (Fsp3) is 0.143. The smallest absolute Gasteiger partial charge is 0.336 e. The van der Waals surface area contributed by atoms with Crippen molar-refractivity contribution in [1.82, 2.24) is 5.32 Å². The van der Waals surface area contributed by atoms with Gasteiger partial charge >= 0.3 is 5.97 Å². The van der Waals surface area contributed by atoms with Crippen molar-refractivity contribution in [2.24, 2.45) is 0 Å². The first-order valence-corrected chi connectivity index (χ1v) is 9.44. The number of Topliss-reactive ketones (excluding diaryl/α,β-unsaturated/α-hetero) is 1. The van der Waals surface area contributed by atoms with E-state index in [1.807, 2.05) is 40.8 Å². The molecule has 2 aliphatic rings. The number of methoxy groups -OCH3 is 1. The van der Waals surface area contributed by atoms with E-state index in [4.69, 9.17) is 4.74 Å². The first-order valence-electron chi connectivity index (χ1n) is 8.36. The van der Waals surface area contributed by atoms with Crippen LogP contribution < -0.4 is 5.32 Å². The van der Waals surface area contributed by atoms with Gasteiger partial charge in [-0.15, -0.1) is 0 Å². The van der Waals surface area contributed by atoms with Crippen LogP contribution in [0.4, 0.5) is 0 Å². The van der Waals surface area contributed by atoms with Crippen molar-refractivity contribution in [3.63, 3.8) is 0 Å². The molecule has 27 heavy (non-hydrogen) atoms. The minimum absolute atomic E-state index is 0.102. The maximum Gasteiger partial charge on any atom is 0.336 e. The molecule has 2 aromatic carbocycles. The number of rotatable bonds is 2. The van der Waals surface area contributed by atoms with Gasteiger partial charge in [-0.05, 0) is 47.2 Å². The number of halogens is 1. The second-order valence-corrected chi connectivity index (χ2v) is 7.62. The normalized spacial score (nSPS) is 18.2. The summed E-state index contributed by atoms with van der Waals surface area (Å²) < 4.78 is 5.65. The molecule has 136 valence electrons. The van der Waals surface area contributed by atoms with E-state index < -0.39 is 11.9 Å². The number of esters is 1. The minimum atomic E-state index is -0.567. The standard InChI is InChI=1S/C21H16INO4/c1-10-16(21(26)27-2)17(11-7-8-15(24)14(22)9-11)18-19(23-10)12-5-3-4-6-13(12)20(18)25/h3-9,17,23-24H,1-2H3. The second-order valence-electron chi connectivity index (χ2n) is 6.46. The summed E-state index contributed by atoms with van der Waals surface area (Å²) in [7, 11) is 1.33. The molecule has 0 radical (unpaired) electrons. The van der Waals surface area contributed by atoms with E-state index in [1.165, 1.54) is 7.11 Å². The number of allylic oxidation sites excluding steroid dienone is 2. The summed E-state index contributed by atoms with van der Waals surface area (Å²) in [5.41, 5.74) is 4.52. The zero-order chi connectivity index (χ0) is 19.3. The third-order valence-electron chi connectivity index (χ3n) is 4.96. The van der Waals surface area contributed by atoms with E-state index in [0.29, 0.717) is 26.0 Å². The van der Waals surface area contributed by atoms with Crippen LogP contribution in [0, 0.1) is 3.57 Å². The highest BCUT2D eigenvalue weighted by molar-refractivity contribution is 14.1. The summed E-state index contributed by atoms with van der Waals surface area (Å²) in [6.45, 7) is 1.81. The summed E-state index contributed by atoms with van der Waals surface area (Å²) in [6, 6.07) is 12.5. The molecule has 6 heteroatoms. The van der Waals surface area contributed by atoms with Crippen molar-refractivity contribution in [2.45, 2.75) is 12.8 Å². The van der Waals surface area contributed by atoms with Crippen LogP contribution in [0.5, 0.6) is 5.75 Å². The average Bonchev–Trinajstić information content (AvgIpc) is 2.95. The summed E-state index contributed by atoms with van der Waals surface area (Å²) in [5, 5.41) is 13.1. The molecule has 2 aromatic rings. The number of benzene rings is 2. The quantitative estimate of drug-likeness (QED) is 0.514. The van der Waals surface area contributed by atoms with Crippen LogP contribution in [0.25, 0.3) is 5.70 Å². The number of aromatic hydroxyl groups is 1. The number of nitrogens with one attached hydrogen (secondary N) is 1. The van der Waals surface area contributed by atoms with Gasteiger partial charge in [-0.3, -0.25) is 4.79 Å². The van der Waals surface area contributed by atoms with Gasteiger partial charge in [0, 0.05) is 28.3 Å². The fourth-order valence-corrected chi connectivity index (χ4v) is 4.28. The predicted octanol–water partition coefficient (Wildman–Crippen LogP) is 3.74. The van der Waals surface area contributed by atoms with Crippen LogP contribution in [0.3, 0.4) is 0 Å². The Balaban J connectivity index is 1.97. The Morgan fingerprint density at radius 3 is 2.56 bits per heavy atom. The van der Waals surface area contributed by atoms with Crippen molar-refractivity contribution in [3.8, 4) is 5.75 Å². The molecule has 5 nitrogen and oxygen atoms in total. The van der Waals surface area contributed by atoms with E-state index >= 15 is 0 Å². The lowest BCUT2D eigenvalue weighted by Crippen LogP contribution is -2.29. The van der Waals surface area contributed by atoms with Crippen molar-refractivity contribution in [1.29, 1.82) is 0 Å². The highest BCUT2D eigenvalue weighted by Gasteiger charge is 2.42. The molecule has 0 amide bonds. The van der Waals surface area contributed by atoms with Crippen LogP contribution in [-0.2, 0) is 9.53 Å². The number of carbonyl (C=O) groups excluding carboxylic acids is 2. The molecule has 0 bridgehead atoms. The zero-order valence-corrected chi connectivity index (χ0v) is 16.8. The SMILES string of the molecule is COC(=O)C1=C(C)NC2=C(C(=O)c3ccccc32)C1c1ccc(O)c(I)c1. The van der Waals surface area contributed by atoms with Crippen LogP contribution in [0.2, 0.25) is 0 Å². The molecule has 1 unspecified atom stereocenters. The highest BCUT2D eigenvalue weighted by Crippen LogP contribution is 2.47. The Labute approximate surface area is 169 Å². The molecule has 0 spiro atoms. The molecule has 0 aromatic heterocycles. The first kappa shape index (κ1) is 17.8. The number of ketones is 1. The number of hydrogen-bond donors (Lipinski definition) is 2. The van der Waals surface area contributed by atoms with Crippen molar-refractivity contribution >= 4 is 40.0 Å². The number of carbonyl (C=O) groups is 2. The largest absolute Gasteiger partial charge is 0.507 e. The Morgan fingerprint density at radius 1 is 1.19 bits per heavy atom. The topological polar surface area (TPSA) is 75.6 Å². The van der Waals surface area contributed by atoms with Gasteiger partial charge in [0.05, 0.1) is 22.0 Å². The Kier molecular flexibility index (Phi) is 4.30. The molecule has 1 aliphatic heterocycles. The summed E-state index contributed by atoms with van der Waals surface area (Å²) >= 11 is 2.03. The van der Waals surface area contributed by atoms with E-state index in [9.17, 15) is 14.7 Å². The third-order valence-corrected chi connectivity index (χ3v) is 5.82. The van der Waals surface area contributed by atoms with E-state index in [1.54, 1.807) is 31.2 Å². The molecule has 1 atom stereocenters. The van der Waals surface area contributed by atoms with Gasteiger partial charge in [0.15, 0.2) is 5.78 Å². The van der Waals surface area contributed by atoms with Crippen molar-refractivity contribution in [2.75, 3.05) is 7.11 Å². The Hall–Kier alpha value is -2.61. The van der Waals surface area contributed by atoms with E-state index in [-0.39, 0.29) is 11.5 Å². The monoisotopic (exact) mass is 473 g/mol. The van der Waals surface area contributed by atoms with Crippen molar-refractivity contribution in [3.05, 3.63) is 79.6 Å². The zero-order valence-electron chi connectivity index (χ0n) is 14.7. The Bertz CT molecular complexity index is 1070. The molecule has 0 saturated heterocycles. The molecule has 1 aliphatic carbocycles. The first-order chi connectivity index (χ1) is 12.9. The van der Waals surface area contributed by atoms with Gasteiger partial charge in [0.25, 0.3) is 0 Å². The number of hydrogen-bond acceptors (Lipinski definition) is 5. The van der Waals surface area contributed by atoms with Gasteiger partial charge in [0.1, 0.15) is 5.75 Å². The number of dihydropyridines is 1. The van der Waals surface area contributed by atoms with Crippen LogP contribution in [0.1, 0.15) is 34.3 Å². The summed E-state index contributed by atoms with van der Waals surface area (Å²) in [4.78, 5) is 25.8. The van der Waals surface area contributed by atoms with Gasteiger partial charge in [-0.1, -0.05) is 30.3 Å². The number of phenols is 1. The van der Waals surface area contributed by atoms with Gasteiger partial charge in [-0.25, -0.2) is 4.79 Å². The molecular weight excluding hydrogens is 457 g/mol. The molecule has 2 N–H and O–H groups in total. The lowest BCUT2D eigenvalue weighted by atomic mass is 9.80. The van der Waals surface area contributed by atoms with Gasteiger partial charge in [0.2, 0.25) is 0 Å². The fourth-order valence-electron chi connectivity index (χ4n) is 3.75. The molecule has 1 heterocycles. The summed E-state index contributed by atoms with van der Waals surface area (Å²) in [6.07, 6.45) is 0. The number of fused-ring (bicyclic) bond motifs is 2. The third kappa shape index (κ3) is 2.66. The number of ether oxygens (including phenoxy) is 1. The maximum atomic E-state index is 13.2. The second kappa shape index (κ2) is 6.53. The molecule has 0 fully saturated rings. The lowest BCUT2D eigenvalue weighted by molar-refractivity contribution is -0.136. The molecule has 4 rings (SSSR count). The predicted molar refractivity (Wildman–Crippen MR) is 109 cm³/mol. The maximum absolute atomic E-state index is 13.2. The van der Waals surface area contributed by atoms with E-state index in [2.05, 4.69) is 5.32 Å².